The van der Waals surface area contributed by atoms with Crippen LogP contribution in [0.2, 0.25) is 0 Å². The van der Waals surface area contributed by atoms with E-state index in [2.05, 4.69) is 34.0 Å². The molecule has 0 unspecified atom stereocenters. The first-order valence-corrected chi connectivity index (χ1v) is 11.8. The lowest BCUT2D eigenvalue weighted by atomic mass is 9.88. The van der Waals surface area contributed by atoms with Crippen molar-refractivity contribution < 1.29 is 9.13 Å². The van der Waals surface area contributed by atoms with Crippen LogP contribution < -0.4 is 4.74 Å². The molecule has 0 bridgehead atoms. The van der Waals surface area contributed by atoms with Gasteiger partial charge in [-0.1, -0.05) is 45.9 Å². The van der Waals surface area contributed by atoms with E-state index in [9.17, 15) is 4.39 Å². The van der Waals surface area contributed by atoms with Gasteiger partial charge < -0.3 is 4.74 Å². The van der Waals surface area contributed by atoms with Crippen molar-refractivity contribution in [1.82, 2.24) is 20.2 Å². The van der Waals surface area contributed by atoms with E-state index in [-0.39, 0.29) is 11.7 Å². The van der Waals surface area contributed by atoms with Crippen LogP contribution in [-0.4, -0.2) is 27.3 Å². The molecule has 1 N–H and O–H groups in total. The zero-order valence-electron chi connectivity index (χ0n) is 19.6. The van der Waals surface area contributed by atoms with Crippen LogP contribution in [-0.2, 0) is 6.42 Å². The van der Waals surface area contributed by atoms with Crippen molar-refractivity contribution in [3.63, 3.8) is 0 Å². The van der Waals surface area contributed by atoms with Gasteiger partial charge in [-0.15, -0.1) is 5.10 Å². The highest BCUT2D eigenvalue weighted by Gasteiger charge is 2.18. The number of methoxy groups -OCH3 is 1. The molecule has 33 heavy (non-hydrogen) atoms. The van der Waals surface area contributed by atoms with E-state index >= 15 is 0 Å². The van der Waals surface area contributed by atoms with E-state index in [1.165, 1.54) is 11.8 Å². The Labute approximate surface area is 198 Å². The number of aromatic nitrogens is 4. The maximum absolute atomic E-state index is 14.5. The second-order valence-corrected chi connectivity index (χ2v) is 8.46. The summed E-state index contributed by atoms with van der Waals surface area (Å²) in [7, 11) is 1.57. The van der Waals surface area contributed by atoms with Crippen molar-refractivity contribution in [2.45, 2.75) is 50.1 Å². The number of halogens is 1. The third-order valence-corrected chi connectivity index (χ3v) is 5.81. The number of nitrogens with one attached hydrogen (secondary N) is 1. The Balaban J connectivity index is 0.00000149. The van der Waals surface area contributed by atoms with E-state index in [0.717, 1.165) is 33.0 Å². The summed E-state index contributed by atoms with van der Waals surface area (Å²) in [6.07, 6.45) is 2.18. The maximum Gasteiger partial charge on any atom is 0.213 e. The highest BCUT2D eigenvalue weighted by Crippen LogP contribution is 2.34. The van der Waals surface area contributed by atoms with Gasteiger partial charge in [0.15, 0.2) is 0 Å². The molecule has 2 heterocycles. The predicted octanol–water partition coefficient (Wildman–Crippen LogP) is 6.91. The molecule has 5 nitrogen and oxygen atoms in total. The van der Waals surface area contributed by atoms with Crippen LogP contribution in [0.1, 0.15) is 50.6 Å². The van der Waals surface area contributed by atoms with Gasteiger partial charge >= 0.3 is 0 Å². The number of pyridine rings is 1. The first-order valence-electron chi connectivity index (χ1n) is 11.0. The topological polar surface area (TPSA) is 63.7 Å². The van der Waals surface area contributed by atoms with Crippen molar-refractivity contribution in [3.8, 4) is 17.0 Å². The summed E-state index contributed by atoms with van der Waals surface area (Å²) < 4.78 is 19.8. The molecule has 0 fully saturated rings. The number of aromatic amines is 1. The average Bonchev–Trinajstić information content (AvgIpc) is 3.28. The van der Waals surface area contributed by atoms with E-state index in [4.69, 9.17) is 4.74 Å². The number of rotatable bonds is 7. The van der Waals surface area contributed by atoms with Crippen molar-refractivity contribution >= 4 is 11.8 Å². The second kappa shape index (κ2) is 11.6. The normalized spacial score (nSPS) is 10.6. The highest BCUT2D eigenvalue weighted by molar-refractivity contribution is 7.99. The SMILES string of the molecule is CC.COc1cc(-c2cc(F)cc(C(C)C)c2Cc2nc(Sc3ccccc3)n[nH]2)ccn1. The molecule has 0 atom stereocenters. The van der Waals surface area contributed by atoms with E-state index < -0.39 is 0 Å². The molecule has 0 aliphatic rings. The molecule has 0 saturated carbocycles. The fourth-order valence-electron chi connectivity index (χ4n) is 3.48. The molecule has 4 rings (SSSR count). The molecule has 7 heteroatoms. The van der Waals surface area contributed by atoms with Crippen LogP contribution >= 0.6 is 11.8 Å². The minimum atomic E-state index is -0.267. The molecule has 0 aliphatic carbocycles. The summed E-state index contributed by atoms with van der Waals surface area (Å²) in [6.45, 7) is 8.12. The summed E-state index contributed by atoms with van der Waals surface area (Å²) in [5, 5.41) is 8.05. The number of benzene rings is 2. The fraction of sp³-hybridized carbons (Fsp3) is 0.269. The largest absolute Gasteiger partial charge is 0.481 e. The molecule has 4 aromatic rings. The number of nitrogens with zero attached hydrogens (tertiary/aromatic N) is 3. The van der Waals surface area contributed by atoms with Gasteiger partial charge in [-0.25, -0.2) is 14.4 Å². The Kier molecular flexibility index (Phi) is 8.60. The first-order chi connectivity index (χ1) is 16.0. The quantitative estimate of drug-likeness (QED) is 0.322. The Hall–Kier alpha value is -3.19. The van der Waals surface area contributed by atoms with Crippen LogP contribution in [0.4, 0.5) is 4.39 Å². The Morgan fingerprint density at radius 1 is 1.06 bits per heavy atom. The summed E-state index contributed by atoms with van der Waals surface area (Å²) in [4.78, 5) is 9.90. The Morgan fingerprint density at radius 3 is 2.52 bits per heavy atom. The molecule has 0 aliphatic heterocycles. The van der Waals surface area contributed by atoms with Crippen LogP contribution in [0, 0.1) is 5.82 Å². The number of ether oxygens (including phenoxy) is 1. The summed E-state index contributed by atoms with van der Waals surface area (Å²) in [5.41, 5.74) is 3.61. The molecule has 0 saturated heterocycles. The monoisotopic (exact) mass is 464 g/mol. The zero-order valence-corrected chi connectivity index (χ0v) is 20.4. The number of H-pyrrole nitrogens is 1. The van der Waals surface area contributed by atoms with E-state index in [0.29, 0.717) is 17.5 Å². The Morgan fingerprint density at radius 2 is 1.82 bits per heavy atom. The van der Waals surface area contributed by atoms with E-state index in [1.807, 2.05) is 56.3 Å². The first kappa shape index (κ1) is 24.5. The van der Waals surface area contributed by atoms with Crippen molar-refractivity contribution in [2.24, 2.45) is 0 Å². The minimum absolute atomic E-state index is 0.147. The Bertz CT molecular complexity index is 1180. The number of hydrogen-bond donors (Lipinski definition) is 1. The van der Waals surface area contributed by atoms with Gasteiger partial charge in [0.05, 0.1) is 7.11 Å². The molecule has 0 spiro atoms. The molecular formula is C26H29FN4OS. The zero-order chi connectivity index (χ0) is 23.8. The third kappa shape index (κ3) is 6.20. The van der Waals surface area contributed by atoms with E-state index in [1.54, 1.807) is 25.4 Å². The van der Waals surface area contributed by atoms with Gasteiger partial charge in [0.2, 0.25) is 11.0 Å². The van der Waals surface area contributed by atoms with Crippen molar-refractivity contribution in [1.29, 1.82) is 0 Å². The lowest BCUT2D eigenvalue weighted by Gasteiger charge is -2.18. The van der Waals surface area contributed by atoms with Gasteiger partial charge in [0.1, 0.15) is 11.6 Å². The predicted molar refractivity (Wildman–Crippen MR) is 131 cm³/mol. The lowest BCUT2D eigenvalue weighted by Crippen LogP contribution is -2.04. The van der Waals surface area contributed by atoms with Gasteiger partial charge in [-0.3, -0.25) is 5.10 Å². The van der Waals surface area contributed by atoms with Crippen LogP contribution in [0.25, 0.3) is 11.1 Å². The van der Waals surface area contributed by atoms with Crippen LogP contribution in [0.3, 0.4) is 0 Å². The minimum Gasteiger partial charge on any atom is -0.481 e. The van der Waals surface area contributed by atoms with Crippen LogP contribution in [0.15, 0.2) is 70.8 Å². The standard InChI is InChI=1S/C24H23FN4OS.C2H6/c1-15(2)19-12-17(25)13-20(16-9-10-26-23(11-16)30-3)21(19)14-22-27-24(29-28-22)31-18-7-5-4-6-8-18;1-2/h4-13,15H,14H2,1-3H3,(H,27,28,29);1-2H3. The second-order valence-electron chi connectivity index (χ2n) is 7.42. The van der Waals surface area contributed by atoms with Gasteiger partial charge in [0, 0.05) is 23.6 Å². The number of hydrogen-bond acceptors (Lipinski definition) is 5. The smallest absolute Gasteiger partial charge is 0.213 e. The highest BCUT2D eigenvalue weighted by atomic mass is 32.2. The molecular weight excluding hydrogens is 435 g/mol. The van der Waals surface area contributed by atoms with Crippen LogP contribution in [0.5, 0.6) is 5.88 Å². The molecule has 2 aromatic carbocycles. The maximum atomic E-state index is 14.5. The molecule has 2 aromatic heterocycles. The van der Waals surface area contributed by atoms with Gasteiger partial charge in [-0.05, 0) is 70.3 Å². The van der Waals surface area contributed by atoms with Crippen molar-refractivity contribution in [2.75, 3.05) is 7.11 Å². The molecule has 0 amide bonds. The summed E-state index contributed by atoms with van der Waals surface area (Å²) in [6, 6.07) is 16.8. The summed E-state index contributed by atoms with van der Waals surface area (Å²) in [5.74, 6) is 1.10. The third-order valence-electron chi connectivity index (χ3n) is 4.93. The molecule has 172 valence electrons. The lowest BCUT2D eigenvalue weighted by molar-refractivity contribution is 0.398. The molecule has 0 radical (unpaired) electrons. The van der Waals surface area contributed by atoms with Gasteiger partial charge in [0.25, 0.3) is 0 Å². The van der Waals surface area contributed by atoms with Crippen molar-refractivity contribution in [3.05, 3.63) is 83.6 Å². The average molecular weight is 465 g/mol. The fourth-order valence-corrected chi connectivity index (χ4v) is 4.23. The van der Waals surface area contributed by atoms with Gasteiger partial charge in [-0.2, -0.15) is 0 Å². The summed E-state index contributed by atoms with van der Waals surface area (Å²) >= 11 is 1.50.